The van der Waals surface area contributed by atoms with Gasteiger partial charge in [0.15, 0.2) is 11.5 Å². The number of halogens is 1. The van der Waals surface area contributed by atoms with E-state index in [2.05, 4.69) is 10.1 Å². The SMILES string of the molecule is OC(COCc1ccccc1)CN(Cc1ccccc1Cl)CC1CC(c2ccc3c(c2)OCO3)=NO1. The van der Waals surface area contributed by atoms with Crippen LogP contribution in [0.2, 0.25) is 5.02 Å². The predicted molar refractivity (Wildman–Crippen MR) is 137 cm³/mol. The van der Waals surface area contributed by atoms with E-state index >= 15 is 0 Å². The van der Waals surface area contributed by atoms with Crippen molar-refractivity contribution in [3.63, 3.8) is 0 Å². The summed E-state index contributed by atoms with van der Waals surface area (Å²) < 4.78 is 16.7. The van der Waals surface area contributed by atoms with E-state index in [1.807, 2.05) is 72.8 Å². The molecule has 188 valence electrons. The highest BCUT2D eigenvalue weighted by Gasteiger charge is 2.27. The molecule has 0 bridgehead atoms. The third-order valence-electron chi connectivity index (χ3n) is 6.14. The van der Waals surface area contributed by atoms with Gasteiger partial charge in [0.2, 0.25) is 6.79 Å². The van der Waals surface area contributed by atoms with E-state index in [0.29, 0.717) is 37.7 Å². The molecule has 0 radical (unpaired) electrons. The molecule has 0 fully saturated rings. The molecule has 0 aliphatic carbocycles. The maximum Gasteiger partial charge on any atom is 0.231 e. The highest BCUT2D eigenvalue weighted by atomic mass is 35.5. The zero-order valence-corrected chi connectivity index (χ0v) is 20.6. The van der Waals surface area contributed by atoms with E-state index in [-0.39, 0.29) is 19.5 Å². The highest BCUT2D eigenvalue weighted by molar-refractivity contribution is 6.31. The Balaban J connectivity index is 1.19. The Labute approximate surface area is 215 Å². The summed E-state index contributed by atoms with van der Waals surface area (Å²) in [5, 5.41) is 15.8. The van der Waals surface area contributed by atoms with Crippen molar-refractivity contribution in [3.05, 3.63) is 94.5 Å². The van der Waals surface area contributed by atoms with E-state index < -0.39 is 6.10 Å². The van der Waals surface area contributed by atoms with E-state index in [0.717, 1.165) is 33.9 Å². The molecule has 3 aromatic rings. The summed E-state index contributed by atoms with van der Waals surface area (Å²) in [6.45, 7) is 2.50. The summed E-state index contributed by atoms with van der Waals surface area (Å²) in [6, 6.07) is 23.5. The van der Waals surface area contributed by atoms with Gasteiger partial charge in [0.05, 0.1) is 25.0 Å². The first kappa shape index (κ1) is 24.6. The van der Waals surface area contributed by atoms with Crippen LogP contribution in [-0.4, -0.2) is 54.4 Å². The first-order valence-electron chi connectivity index (χ1n) is 12.0. The quantitative estimate of drug-likeness (QED) is 0.407. The van der Waals surface area contributed by atoms with Crippen LogP contribution in [0, 0.1) is 0 Å². The molecule has 0 amide bonds. The smallest absolute Gasteiger partial charge is 0.231 e. The number of rotatable bonds is 11. The lowest BCUT2D eigenvalue weighted by Crippen LogP contribution is -2.39. The first-order valence-corrected chi connectivity index (χ1v) is 12.4. The van der Waals surface area contributed by atoms with Crippen LogP contribution in [0.1, 0.15) is 23.1 Å². The van der Waals surface area contributed by atoms with Crippen LogP contribution >= 0.6 is 11.6 Å². The molecule has 2 aliphatic rings. The highest BCUT2D eigenvalue weighted by Crippen LogP contribution is 2.33. The molecule has 7 nitrogen and oxygen atoms in total. The van der Waals surface area contributed by atoms with Gasteiger partial charge in [0, 0.05) is 36.6 Å². The van der Waals surface area contributed by atoms with Crippen LogP contribution in [0.3, 0.4) is 0 Å². The van der Waals surface area contributed by atoms with Gasteiger partial charge in [-0.3, -0.25) is 4.90 Å². The molecule has 36 heavy (non-hydrogen) atoms. The number of benzene rings is 3. The lowest BCUT2D eigenvalue weighted by Gasteiger charge is -2.27. The number of nitrogens with zero attached hydrogens (tertiary/aromatic N) is 2. The summed E-state index contributed by atoms with van der Waals surface area (Å²) in [5.41, 5.74) is 3.88. The number of fused-ring (bicyclic) bond motifs is 1. The number of hydrogen-bond donors (Lipinski definition) is 1. The van der Waals surface area contributed by atoms with Gasteiger partial charge < -0.3 is 24.2 Å². The van der Waals surface area contributed by atoms with Gasteiger partial charge in [-0.05, 0) is 35.4 Å². The van der Waals surface area contributed by atoms with Crippen LogP contribution in [0.25, 0.3) is 0 Å². The Morgan fingerprint density at radius 3 is 2.69 bits per heavy atom. The minimum atomic E-state index is -0.660. The molecule has 0 saturated heterocycles. The zero-order chi connectivity index (χ0) is 24.7. The van der Waals surface area contributed by atoms with Gasteiger partial charge in [-0.25, -0.2) is 0 Å². The van der Waals surface area contributed by atoms with E-state index in [9.17, 15) is 5.11 Å². The maximum absolute atomic E-state index is 10.7. The van der Waals surface area contributed by atoms with E-state index in [1.54, 1.807) is 0 Å². The largest absolute Gasteiger partial charge is 0.454 e. The summed E-state index contributed by atoms with van der Waals surface area (Å²) in [6.07, 6.45) is -0.156. The molecule has 3 aromatic carbocycles. The molecular formula is C28H29ClN2O5. The Morgan fingerprint density at radius 1 is 1.03 bits per heavy atom. The number of ether oxygens (including phenoxy) is 3. The lowest BCUT2D eigenvalue weighted by atomic mass is 10.0. The fourth-order valence-corrected chi connectivity index (χ4v) is 4.57. The van der Waals surface area contributed by atoms with Crippen LogP contribution < -0.4 is 9.47 Å². The monoisotopic (exact) mass is 508 g/mol. The Kier molecular flexibility index (Phi) is 8.03. The topological polar surface area (TPSA) is 72.8 Å². The van der Waals surface area contributed by atoms with E-state index in [1.165, 1.54) is 0 Å². The molecule has 0 saturated carbocycles. The van der Waals surface area contributed by atoms with Crippen molar-refractivity contribution in [2.24, 2.45) is 5.16 Å². The molecule has 2 atom stereocenters. The van der Waals surface area contributed by atoms with Crippen molar-refractivity contribution in [1.82, 2.24) is 4.90 Å². The average molecular weight is 509 g/mol. The Bertz CT molecular complexity index is 1190. The molecule has 8 heteroatoms. The maximum atomic E-state index is 10.7. The number of aliphatic hydroxyl groups is 1. The fraction of sp³-hybridized carbons (Fsp3) is 0.321. The van der Waals surface area contributed by atoms with Crippen molar-refractivity contribution in [2.75, 3.05) is 26.5 Å². The normalized spacial score (nSPS) is 17.2. The second kappa shape index (κ2) is 11.8. The predicted octanol–water partition coefficient (Wildman–Crippen LogP) is 4.64. The Hall–Kier alpha value is -3.10. The number of aliphatic hydroxyl groups excluding tert-OH is 1. The van der Waals surface area contributed by atoms with Crippen molar-refractivity contribution >= 4 is 17.3 Å². The fourth-order valence-electron chi connectivity index (χ4n) is 4.37. The van der Waals surface area contributed by atoms with Crippen LogP contribution in [0.15, 0.2) is 78.0 Å². The van der Waals surface area contributed by atoms with Crippen molar-refractivity contribution in [3.8, 4) is 11.5 Å². The van der Waals surface area contributed by atoms with Crippen molar-refractivity contribution in [1.29, 1.82) is 0 Å². The summed E-state index contributed by atoms with van der Waals surface area (Å²) >= 11 is 6.43. The zero-order valence-electron chi connectivity index (χ0n) is 19.9. The Morgan fingerprint density at radius 2 is 1.83 bits per heavy atom. The first-order chi connectivity index (χ1) is 17.6. The molecule has 2 heterocycles. The molecule has 0 aromatic heterocycles. The summed E-state index contributed by atoms with van der Waals surface area (Å²) in [7, 11) is 0. The van der Waals surface area contributed by atoms with E-state index in [4.69, 9.17) is 30.6 Å². The van der Waals surface area contributed by atoms with Crippen molar-refractivity contribution < 1.29 is 24.2 Å². The summed E-state index contributed by atoms with van der Waals surface area (Å²) in [4.78, 5) is 7.93. The second-order valence-electron chi connectivity index (χ2n) is 8.98. The van der Waals surface area contributed by atoms with Gasteiger partial charge in [-0.2, -0.15) is 0 Å². The molecule has 1 N–H and O–H groups in total. The minimum absolute atomic E-state index is 0.148. The van der Waals surface area contributed by atoms with Crippen LogP contribution in [-0.2, 0) is 22.7 Å². The third-order valence-corrected chi connectivity index (χ3v) is 6.51. The molecule has 2 aliphatic heterocycles. The van der Waals surface area contributed by atoms with Gasteiger partial charge in [0.25, 0.3) is 0 Å². The molecule has 0 spiro atoms. The second-order valence-corrected chi connectivity index (χ2v) is 9.38. The van der Waals surface area contributed by atoms with Crippen LogP contribution in [0.4, 0.5) is 0 Å². The molecule has 2 unspecified atom stereocenters. The molecular weight excluding hydrogens is 480 g/mol. The number of oxime groups is 1. The average Bonchev–Trinajstić information content (AvgIpc) is 3.55. The van der Waals surface area contributed by atoms with Crippen LogP contribution in [0.5, 0.6) is 11.5 Å². The standard InChI is InChI=1S/C28H29ClN2O5/c29-25-9-5-4-8-22(25)14-31(15-23(32)18-33-17-20-6-2-1-3-7-20)16-24-13-26(30-36-24)21-10-11-27-28(12-21)35-19-34-27/h1-12,23-24,32H,13-19H2. The van der Waals surface area contributed by atoms with Crippen molar-refractivity contribution in [2.45, 2.75) is 31.8 Å². The number of hydrogen-bond acceptors (Lipinski definition) is 7. The lowest BCUT2D eigenvalue weighted by molar-refractivity contribution is -0.00648. The summed E-state index contributed by atoms with van der Waals surface area (Å²) in [5.74, 6) is 1.46. The van der Waals surface area contributed by atoms with Gasteiger partial charge >= 0.3 is 0 Å². The van der Waals surface area contributed by atoms with Gasteiger partial charge in [-0.1, -0.05) is 65.3 Å². The molecule has 5 rings (SSSR count). The minimum Gasteiger partial charge on any atom is -0.454 e. The van der Waals surface area contributed by atoms with Gasteiger partial charge in [0.1, 0.15) is 6.10 Å². The van der Waals surface area contributed by atoms with Gasteiger partial charge in [-0.15, -0.1) is 0 Å². The third kappa shape index (κ3) is 6.36.